The number of nitrogens with one attached hydrogen (secondary N) is 5. The van der Waals surface area contributed by atoms with E-state index in [0.29, 0.717) is 163 Å². The van der Waals surface area contributed by atoms with Crippen LogP contribution in [0.25, 0.3) is 10.9 Å². The molecule has 0 bridgehead atoms. The van der Waals surface area contributed by atoms with Crippen LogP contribution in [0.15, 0.2) is 159 Å². The first-order valence-corrected chi connectivity index (χ1v) is 54.5. The Balaban J connectivity index is 0.753. The molecule has 6 aromatic rings. The fraction of sp³-hybridized carbons (Fsp3) is 0.500. The van der Waals surface area contributed by atoms with Crippen molar-refractivity contribution in [1.82, 2.24) is 71.1 Å². The summed E-state index contributed by atoms with van der Waals surface area (Å²) in [5, 5.41) is 72.1. The lowest BCUT2D eigenvalue weighted by molar-refractivity contribution is -0.438. The maximum atomic E-state index is 14.3. The Hall–Kier alpha value is -12.9. The smallest absolute Gasteiger partial charge is 0.320 e. The van der Waals surface area contributed by atoms with E-state index in [4.69, 9.17) is 9.47 Å². The number of amides is 6. The van der Waals surface area contributed by atoms with E-state index in [-0.39, 0.29) is 183 Å². The van der Waals surface area contributed by atoms with Gasteiger partial charge in [-0.05, 0) is 211 Å². The number of hydrogen-bond donors (Lipinski definition) is 13. The van der Waals surface area contributed by atoms with Gasteiger partial charge in [-0.1, -0.05) is 25.1 Å². The summed E-state index contributed by atoms with van der Waals surface area (Å²) in [5.74, 6) is -7.11. The number of aromatic nitrogens is 4. The van der Waals surface area contributed by atoms with Crippen LogP contribution in [0, 0.1) is 11.3 Å². The summed E-state index contributed by atoms with van der Waals surface area (Å²) in [6.07, 6.45) is 15.8. The molecule has 0 spiro atoms. The molecular weight excluding hydrogens is 1990 g/mol. The van der Waals surface area contributed by atoms with Crippen LogP contribution in [0.4, 0.5) is 11.4 Å². The minimum Gasteiger partial charge on any atom is -0.494 e. The van der Waals surface area contributed by atoms with Gasteiger partial charge in [0.25, 0.3) is 46.4 Å². The van der Waals surface area contributed by atoms with Crippen LogP contribution in [0.1, 0.15) is 170 Å². The highest BCUT2D eigenvalue weighted by atomic mass is 32.2. The SMILES string of the molecule is CC1(C)C(/C=C/C2=C(Oc3ccc(S(=O)(=O)O)cc3)C(=C/C=C3/N(CCCCS(=O)(=O)O)c4ccc(S(=O)(=O)O)cc4C3(C)C)/CCC2)=[N+](CCCCCC(=O)N[C@@H](CCCCn2cc(CCC(=O)NCCCOc3ccc4nccc(C(=O)NCC(=O)N5CCC[C@H]5C#N)c4c3)nn2)C(=O)NCCNC(=O)CCC(C(=O)O)N2CCN(CC(=O)O)CCN(CC(=O)O)CCN(CC(=O)O)CC2)c2ccc(S(=O)(=O)O)cc21. The number of fused-ring (bicyclic) bond motifs is 3. The number of ether oxygens (including phenoxy) is 2. The van der Waals surface area contributed by atoms with Crippen molar-refractivity contribution >= 4 is 128 Å². The van der Waals surface area contributed by atoms with Crippen LogP contribution in [0.2, 0.25) is 0 Å². The summed E-state index contributed by atoms with van der Waals surface area (Å²) in [7, 11) is -18.3. The zero-order valence-electron chi connectivity index (χ0n) is 82.3. The van der Waals surface area contributed by atoms with Crippen molar-refractivity contribution in [2.45, 2.75) is 200 Å². The molecule has 6 heterocycles. The first kappa shape index (κ1) is 114. The number of anilines is 1. The van der Waals surface area contributed by atoms with Crippen molar-refractivity contribution in [2.24, 2.45) is 0 Å². The molecule has 1 unspecified atom stereocenters. The van der Waals surface area contributed by atoms with Crippen molar-refractivity contribution in [1.29, 1.82) is 5.26 Å². The van der Waals surface area contributed by atoms with E-state index in [1.54, 1.807) is 46.1 Å². The highest BCUT2D eigenvalue weighted by Crippen LogP contribution is 2.50. The molecule has 11 rings (SSSR count). The third kappa shape index (κ3) is 33.3. The van der Waals surface area contributed by atoms with Crippen molar-refractivity contribution in [3.8, 4) is 17.6 Å². The summed E-state index contributed by atoms with van der Waals surface area (Å²) in [4.78, 5) is 143. The quantitative estimate of drug-likeness (QED) is 0.0120. The van der Waals surface area contributed by atoms with Crippen LogP contribution in [0.5, 0.6) is 11.5 Å². The number of benzene rings is 4. The maximum Gasteiger partial charge on any atom is 0.320 e. The van der Waals surface area contributed by atoms with Gasteiger partial charge in [-0.15, -0.1) is 5.10 Å². The van der Waals surface area contributed by atoms with Crippen molar-refractivity contribution in [2.75, 3.05) is 135 Å². The Kier molecular flexibility index (Phi) is 40.6. The molecule has 3 atom stereocenters. The summed E-state index contributed by atoms with van der Waals surface area (Å²) in [6, 6.07) is 19.3. The Morgan fingerprint density at radius 2 is 1.21 bits per heavy atom. The Bertz CT molecular complexity index is 6510. The molecule has 4 aliphatic heterocycles. The number of carboxylic acids is 4. The number of aryl methyl sites for hydroxylation is 2. The number of aliphatic carboxylic acids is 4. The lowest BCUT2D eigenvalue weighted by Gasteiger charge is -2.35. The summed E-state index contributed by atoms with van der Waals surface area (Å²) in [6.45, 7) is 7.78. The van der Waals surface area contributed by atoms with Gasteiger partial charge in [-0.25, -0.2) is 0 Å². The van der Waals surface area contributed by atoms with Crippen LogP contribution >= 0.6 is 0 Å². The number of carbonyl (C=O) groups excluding carboxylic acids is 6. The van der Waals surface area contributed by atoms with Gasteiger partial charge in [0.15, 0.2) is 5.71 Å². The number of pyridine rings is 1. The number of unbranched alkanes of at least 4 members (excludes halogenated alkanes) is 4. The zero-order valence-corrected chi connectivity index (χ0v) is 85.6. The number of nitrogens with zero attached hydrogens (tertiary/aromatic N) is 12. The van der Waals surface area contributed by atoms with Crippen molar-refractivity contribution in [3.05, 3.63) is 167 Å². The predicted octanol–water partition coefficient (Wildman–Crippen LogP) is 5.91. The second-order valence-corrected chi connectivity index (χ2v) is 43.5. The maximum absolute atomic E-state index is 14.3. The van der Waals surface area contributed by atoms with Gasteiger partial charge in [-0.2, -0.15) is 43.5 Å². The molecule has 13 N–H and O–H groups in total. The Morgan fingerprint density at radius 3 is 1.86 bits per heavy atom. The summed E-state index contributed by atoms with van der Waals surface area (Å²) < 4.78 is 155. The lowest BCUT2D eigenvalue weighted by atomic mass is 9.81. The number of hydrogen-bond acceptors (Lipinski definition) is 29. The molecule has 2 fully saturated rings. The molecule has 4 aromatic carbocycles. The van der Waals surface area contributed by atoms with E-state index >= 15 is 0 Å². The normalized spacial score (nSPS) is 17.7. The predicted molar refractivity (Wildman–Crippen MR) is 535 cm³/mol. The van der Waals surface area contributed by atoms with Crippen molar-refractivity contribution in [3.63, 3.8) is 0 Å². The van der Waals surface area contributed by atoms with E-state index in [9.17, 15) is 126 Å². The van der Waals surface area contributed by atoms with Gasteiger partial charge in [0.1, 0.15) is 41.9 Å². The van der Waals surface area contributed by atoms with Gasteiger partial charge < -0.3 is 66.3 Å². The van der Waals surface area contributed by atoms with Crippen LogP contribution in [0.3, 0.4) is 0 Å². The second kappa shape index (κ2) is 52.1. The molecule has 796 valence electrons. The van der Waals surface area contributed by atoms with E-state index in [0.717, 1.165) is 0 Å². The van der Waals surface area contributed by atoms with E-state index < -0.39 is 141 Å². The largest absolute Gasteiger partial charge is 0.494 e. The van der Waals surface area contributed by atoms with Crippen LogP contribution < -0.4 is 41.0 Å². The molecule has 5 aliphatic rings. The van der Waals surface area contributed by atoms with E-state index in [1.165, 1.54) is 80.4 Å². The lowest BCUT2D eigenvalue weighted by Crippen LogP contribution is -2.52. The molecule has 2 saturated heterocycles. The van der Waals surface area contributed by atoms with Gasteiger partial charge in [-0.3, -0.25) is 95.4 Å². The molecule has 147 heavy (non-hydrogen) atoms. The number of carbonyl (C=O) groups is 10. The first-order chi connectivity index (χ1) is 69.6. The number of nitriles is 1. The standard InChI is InChI=1S/C98H127N17O28S4/c1-97(2)77-58-73(146(136,137)138)28-31-81(77)114(84(97)34-20-66-15-12-16-67(93(66)143-70-23-26-72(27-24-70)145(133,134)135)21-35-85-98(3,4)78-59-74(147(139,140)141)29-32-82(78)115(85)45-10-11-56-144(130,131)132)44-8-5-6-19-88(118)105-80(95(127)103-42-41-102-87(117)37-33-83(96(128)129)111-53-51-109(64-91(122)123)49-47-108(63-90(120)121)48-50-110(52-54-111)65-92(124)125)18-7-9-43-112-62-68(106-107-112)22-36-86(116)101-39-14-55-142-71-25-30-79-76(57-71)75(38-40-100-79)94(126)104-61-89(119)113-46-13-17-69(113)60-99/h20-21,23-32,34-35,38,40,57-59,62,69,80,83H,5-19,22,33,36-37,39,41-56,61,63-65H2,1-4H3,(H12-,101,102,103,104,105,116,117,118,120,121,122,123,124,125,126,127,128,129,130,131,132,133,134,135,136,137,138,139,140,141)/p+1/t69-,80-,83?/m0/s1. The molecule has 49 heteroatoms. The van der Waals surface area contributed by atoms with E-state index in [2.05, 4.69) is 47.9 Å². The van der Waals surface area contributed by atoms with E-state index in [1.807, 2.05) is 61.5 Å². The highest BCUT2D eigenvalue weighted by Gasteiger charge is 2.46. The average Bonchev–Trinajstić information content (AvgIpc) is 1.59. The summed E-state index contributed by atoms with van der Waals surface area (Å²) >= 11 is 0. The highest BCUT2D eigenvalue weighted by molar-refractivity contribution is 7.86. The molecular formula is C98H128N17O28S4+. The number of allylic oxidation sites excluding steroid dienone is 7. The fourth-order valence-electron chi connectivity index (χ4n) is 18.7. The number of likely N-dealkylation sites (tertiary alicyclic amines) is 1. The molecule has 2 aromatic heterocycles. The minimum atomic E-state index is -4.72. The Morgan fingerprint density at radius 1 is 0.592 bits per heavy atom. The van der Waals surface area contributed by atoms with Gasteiger partial charge >= 0.3 is 23.9 Å². The second-order valence-electron chi connectivity index (χ2n) is 37.7. The third-order valence-electron chi connectivity index (χ3n) is 26.4. The topological polar surface area (TPSA) is 638 Å². The van der Waals surface area contributed by atoms with Crippen LogP contribution in [-0.4, -0.2) is 335 Å². The van der Waals surface area contributed by atoms with Crippen LogP contribution in [-0.2, 0) is 107 Å². The van der Waals surface area contributed by atoms with Crippen molar-refractivity contribution < 1.29 is 134 Å². The molecule has 45 nitrogen and oxygen atoms in total. The average molecular weight is 2120 g/mol. The molecule has 0 radical (unpaired) electrons. The minimum absolute atomic E-state index is 0.0211. The molecule has 6 amide bonds. The number of rotatable bonds is 51. The monoisotopic (exact) mass is 2120 g/mol. The Labute approximate surface area is 852 Å². The fourth-order valence-corrected chi connectivity index (χ4v) is 20.7. The van der Waals surface area contributed by atoms with Gasteiger partial charge in [0.05, 0.1) is 81.5 Å². The van der Waals surface area contributed by atoms with Gasteiger partial charge in [0.2, 0.25) is 35.2 Å². The third-order valence-corrected chi connectivity index (χ3v) is 29.7. The summed E-state index contributed by atoms with van der Waals surface area (Å²) in [5.41, 5.74) is 4.25. The molecule has 0 saturated carbocycles. The molecule has 1 aliphatic carbocycles. The zero-order chi connectivity index (χ0) is 107. The number of carboxylic acid groups (broad SMARTS) is 4. The van der Waals surface area contributed by atoms with Gasteiger partial charge in [0, 0.05) is 176 Å². The first-order valence-electron chi connectivity index (χ1n) is 48.6.